The third kappa shape index (κ3) is 6.15. The normalized spacial score (nSPS) is 20.2. The van der Waals surface area contributed by atoms with E-state index in [0.717, 1.165) is 25.8 Å². The van der Waals surface area contributed by atoms with E-state index in [1.165, 1.54) is 42.7 Å². The Morgan fingerprint density at radius 1 is 1.10 bits per heavy atom. The first-order valence-corrected chi connectivity index (χ1v) is 15.7. The number of rotatable bonds is 7. The highest BCUT2D eigenvalue weighted by atomic mass is 32.2. The van der Waals surface area contributed by atoms with Crippen LogP contribution in [-0.4, -0.2) is 86.3 Å². The number of sulfone groups is 1. The monoisotopic (exact) mass is 570 g/mol. The van der Waals surface area contributed by atoms with E-state index >= 15 is 0 Å². The molecule has 40 heavy (non-hydrogen) atoms. The van der Waals surface area contributed by atoms with Gasteiger partial charge in [-0.05, 0) is 51.3 Å². The zero-order valence-electron chi connectivity index (χ0n) is 23.5. The molecule has 5 rings (SSSR count). The van der Waals surface area contributed by atoms with Gasteiger partial charge in [0.25, 0.3) is 0 Å². The lowest BCUT2D eigenvalue weighted by Gasteiger charge is -2.36. The molecular weight excluding hydrogens is 532 g/mol. The molecule has 3 aliphatic rings. The van der Waals surface area contributed by atoms with Crippen molar-refractivity contribution in [2.24, 2.45) is 0 Å². The Bertz CT molecular complexity index is 1390. The van der Waals surface area contributed by atoms with E-state index in [1.54, 1.807) is 19.3 Å². The Hall–Kier alpha value is -3.45. The number of aromatic nitrogens is 2. The minimum absolute atomic E-state index is 0.0344. The van der Waals surface area contributed by atoms with Crippen molar-refractivity contribution in [1.82, 2.24) is 20.2 Å². The summed E-state index contributed by atoms with van der Waals surface area (Å²) in [6.45, 7) is 5.97. The highest BCUT2D eigenvalue weighted by molar-refractivity contribution is 7.90. The van der Waals surface area contributed by atoms with Gasteiger partial charge in [0.15, 0.2) is 15.7 Å². The number of urea groups is 1. The average molecular weight is 571 g/mol. The third-order valence-corrected chi connectivity index (χ3v) is 9.02. The van der Waals surface area contributed by atoms with Crippen LogP contribution in [0.25, 0.3) is 0 Å². The van der Waals surface area contributed by atoms with Crippen LogP contribution < -0.4 is 25.8 Å². The smallest absolute Gasteiger partial charge is 0.319 e. The number of nitrogens with one attached hydrogen (secondary N) is 3. The number of anilines is 5. The topological polar surface area (TPSA) is 140 Å². The second-order valence-corrected chi connectivity index (χ2v) is 13.3. The molecule has 216 valence electrons. The van der Waals surface area contributed by atoms with E-state index < -0.39 is 9.84 Å². The van der Waals surface area contributed by atoms with Crippen molar-refractivity contribution in [2.75, 3.05) is 53.4 Å². The number of carbonyl (C=O) groups is 2. The Labute approximate surface area is 235 Å². The zero-order valence-corrected chi connectivity index (χ0v) is 24.3. The van der Waals surface area contributed by atoms with E-state index in [2.05, 4.69) is 30.8 Å². The fourth-order valence-corrected chi connectivity index (χ4v) is 6.39. The SMILES string of the molecule is CC(C)N1CC(=O)N(C)c2cnc(Nc3cc(NC(=O)N[C@H]4CCN(C5CCCC5)C4)cc(S(C)(=O)=O)c3)nc21. The van der Waals surface area contributed by atoms with Gasteiger partial charge in [-0.1, -0.05) is 12.8 Å². The van der Waals surface area contributed by atoms with Crippen LogP contribution in [0.1, 0.15) is 46.0 Å². The van der Waals surface area contributed by atoms with Crippen molar-refractivity contribution in [1.29, 1.82) is 0 Å². The Kier molecular flexibility index (Phi) is 7.87. The molecule has 12 nitrogen and oxygen atoms in total. The number of fused-ring (bicyclic) bond motifs is 1. The predicted octanol–water partition coefficient (Wildman–Crippen LogP) is 2.95. The quantitative estimate of drug-likeness (QED) is 0.458. The predicted molar refractivity (Wildman–Crippen MR) is 155 cm³/mol. The van der Waals surface area contributed by atoms with Gasteiger partial charge >= 0.3 is 6.03 Å². The first kappa shape index (κ1) is 28.1. The van der Waals surface area contributed by atoms with Crippen molar-refractivity contribution in [3.8, 4) is 0 Å². The fraction of sp³-hybridized carbons (Fsp3) is 0.556. The summed E-state index contributed by atoms with van der Waals surface area (Å²) in [6.07, 6.45) is 8.59. The summed E-state index contributed by atoms with van der Waals surface area (Å²) >= 11 is 0. The molecular formula is C27H38N8O4S. The van der Waals surface area contributed by atoms with Crippen molar-refractivity contribution in [3.63, 3.8) is 0 Å². The van der Waals surface area contributed by atoms with Crippen LogP contribution in [0.2, 0.25) is 0 Å². The molecule has 0 unspecified atom stereocenters. The van der Waals surface area contributed by atoms with Gasteiger partial charge in [-0.3, -0.25) is 9.69 Å². The Balaban J connectivity index is 1.33. The van der Waals surface area contributed by atoms with Gasteiger partial charge in [-0.25, -0.2) is 18.2 Å². The molecule has 2 aromatic rings. The molecule has 0 bridgehead atoms. The maximum Gasteiger partial charge on any atom is 0.319 e. The highest BCUT2D eigenvalue weighted by Gasteiger charge is 2.32. The van der Waals surface area contributed by atoms with E-state index in [9.17, 15) is 18.0 Å². The lowest BCUT2D eigenvalue weighted by atomic mass is 10.2. The number of amides is 3. The van der Waals surface area contributed by atoms with Crippen LogP contribution >= 0.6 is 0 Å². The number of likely N-dealkylation sites (tertiary alicyclic amines) is 1. The van der Waals surface area contributed by atoms with E-state index in [4.69, 9.17) is 0 Å². The maximum absolute atomic E-state index is 12.9. The minimum atomic E-state index is -3.57. The lowest BCUT2D eigenvalue weighted by Crippen LogP contribution is -2.47. The van der Waals surface area contributed by atoms with Crippen LogP contribution in [0.4, 0.5) is 33.6 Å². The molecule has 3 N–H and O–H groups in total. The van der Waals surface area contributed by atoms with Gasteiger partial charge in [0.05, 0.1) is 17.6 Å². The van der Waals surface area contributed by atoms with E-state index in [1.807, 2.05) is 18.7 Å². The van der Waals surface area contributed by atoms with Crippen LogP contribution in [0.5, 0.6) is 0 Å². The summed E-state index contributed by atoms with van der Waals surface area (Å²) in [7, 11) is -1.89. The summed E-state index contributed by atoms with van der Waals surface area (Å²) in [5, 5.41) is 8.93. The summed E-state index contributed by atoms with van der Waals surface area (Å²) in [6, 6.07) is 4.89. The largest absolute Gasteiger partial charge is 0.343 e. The molecule has 3 heterocycles. The molecule has 1 aromatic heterocycles. The molecule has 2 aliphatic heterocycles. The van der Waals surface area contributed by atoms with Gasteiger partial charge in [0.1, 0.15) is 5.69 Å². The average Bonchev–Trinajstić information content (AvgIpc) is 3.58. The summed E-state index contributed by atoms with van der Waals surface area (Å²) < 4.78 is 24.9. The molecule has 13 heteroatoms. The summed E-state index contributed by atoms with van der Waals surface area (Å²) in [4.78, 5) is 40.2. The van der Waals surface area contributed by atoms with Crippen molar-refractivity contribution >= 4 is 50.6 Å². The molecule has 1 atom stereocenters. The highest BCUT2D eigenvalue weighted by Crippen LogP contribution is 2.33. The zero-order chi connectivity index (χ0) is 28.6. The number of hydrogen-bond donors (Lipinski definition) is 3. The number of nitrogens with zero attached hydrogens (tertiary/aromatic N) is 5. The Morgan fingerprint density at radius 2 is 1.82 bits per heavy atom. The van der Waals surface area contributed by atoms with E-state index in [0.29, 0.717) is 28.9 Å². The molecule has 1 aliphatic carbocycles. The van der Waals surface area contributed by atoms with Gasteiger partial charge in [-0.15, -0.1) is 0 Å². The van der Waals surface area contributed by atoms with Crippen molar-refractivity contribution in [2.45, 2.75) is 69.0 Å². The standard InChI is InChI=1S/C27H38N8O4S/c1-17(2)35-16-24(36)33(3)23-14-28-26(32-25(23)35)29-19-11-20(13-22(12-19)40(4,38)39)31-27(37)30-18-9-10-34(15-18)21-7-5-6-8-21/h11-14,17-18,21H,5-10,15-16H2,1-4H3,(H,28,29,32)(H2,30,31,37)/t18-/m0/s1. The molecule has 1 saturated heterocycles. The van der Waals surface area contributed by atoms with Gasteiger partial charge in [0.2, 0.25) is 11.9 Å². The molecule has 1 saturated carbocycles. The van der Waals surface area contributed by atoms with Gasteiger partial charge < -0.3 is 25.8 Å². The summed E-state index contributed by atoms with van der Waals surface area (Å²) in [5.74, 6) is 0.796. The molecule has 0 radical (unpaired) electrons. The second kappa shape index (κ2) is 11.2. The van der Waals surface area contributed by atoms with Crippen LogP contribution in [0, 0.1) is 0 Å². The fourth-order valence-electron chi connectivity index (χ4n) is 5.71. The lowest BCUT2D eigenvalue weighted by molar-refractivity contribution is -0.117. The van der Waals surface area contributed by atoms with Crippen molar-refractivity contribution in [3.05, 3.63) is 24.4 Å². The first-order valence-electron chi connectivity index (χ1n) is 13.8. The third-order valence-electron chi connectivity index (χ3n) is 7.93. The van der Waals surface area contributed by atoms with Crippen LogP contribution in [-0.2, 0) is 14.6 Å². The Morgan fingerprint density at radius 3 is 2.52 bits per heavy atom. The summed E-state index contributed by atoms with van der Waals surface area (Å²) in [5.41, 5.74) is 1.33. The van der Waals surface area contributed by atoms with Crippen LogP contribution in [0.15, 0.2) is 29.3 Å². The number of hydrogen-bond acceptors (Lipinski definition) is 9. The number of benzene rings is 1. The second-order valence-electron chi connectivity index (χ2n) is 11.2. The van der Waals surface area contributed by atoms with E-state index in [-0.39, 0.29) is 41.4 Å². The number of carbonyl (C=O) groups excluding carboxylic acids is 2. The molecule has 0 spiro atoms. The maximum atomic E-state index is 12.9. The molecule has 1 aromatic carbocycles. The van der Waals surface area contributed by atoms with Gasteiger partial charge in [-0.2, -0.15) is 4.98 Å². The van der Waals surface area contributed by atoms with Crippen molar-refractivity contribution < 1.29 is 18.0 Å². The first-order chi connectivity index (χ1) is 19.0. The molecule has 3 amide bonds. The van der Waals surface area contributed by atoms with Gasteiger partial charge in [0, 0.05) is 55.9 Å². The number of likely N-dealkylation sites (N-methyl/N-ethyl adjacent to an activating group) is 1. The minimum Gasteiger partial charge on any atom is -0.343 e. The van der Waals surface area contributed by atoms with Crippen LogP contribution in [0.3, 0.4) is 0 Å². The molecule has 2 fully saturated rings.